The summed E-state index contributed by atoms with van der Waals surface area (Å²) < 4.78 is 0. The van der Waals surface area contributed by atoms with Crippen LogP contribution in [0.2, 0.25) is 0 Å². The number of rotatable bonds is 4. The Balaban J connectivity index is 2.46. The molecule has 1 aliphatic heterocycles. The molecule has 1 saturated heterocycles. The van der Waals surface area contributed by atoms with Crippen molar-refractivity contribution in [2.45, 2.75) is 52.6 Å². The molecule has 0 amide bonds. The molecule has 2 unspecified atom stereocenters. The first-order valence-corrected chi connectivity index (χ1v) is 7.44. The molecule has 0 aliphatic carbocycles. The summed E-state index contributed by atoms with van der Waals surface area (Å²) in [5, 5.41) is 3.48. The van der Waals surface area contributed by atoms with Gasteiger partial charge in [-0.1, -0.05) is 20.8 Å². The van der Waals surface area contributed by atoms with E-state index >= 15 is 0 Å². The predicted molar refractivity (Wildman–Crippen MR) is 80.1 cm³/mol. The monoisotopic (exact) mass is 255 g/mol. The van der Waals surface area contributed by atoms with E-state index in [0.29, 0.717) is 17.5 Å². The Morgan fingerprint density at radius 1 is 1.28 bits per heavy atom. The summed E-state index contributed by atoms with van der Waals surface area (Å²) in [6.45, 7) is 14.3. The van der Waals surface area contributed by atoms with Crippen molar-refractivity contribution in [1.82, 2.24) is 15.1 Å². The highest BCUT2D eigenvalue weighted by atomic mass is 15.2. The Hall–Kier alpha value is -0.120. The second kappa shape index (κ2) is 6.88. The number of hydrogen-bond acceptors (Lipinski definition) is 3. The van der Waals surface area contributed by atoms with Crippen LogP contribution in [0.3, 0.4) is 0 Å². The molecule has 0 radical (unpaired) electrons. The van der Waals surface area contributed by atoms with Crippen molar-refractivity contribution >= 4 is 0 Å². The summed E-state index contributed by atoms with van der Waals surface area (Å²) in [5.74, 6) is 0. The Kier molecular flexibility index (Phi) is 6.09. The molecule has 1 heterocycles. The standard InChI is InChI=1S/C15H33N3/c1-13-12-17(6)9-7-10-18(13)11-8-14(16-5)15(2,3)4/h13-14,16H,7-12H2,1-6H3. The van der Waals surface area contributed by atoms with Crippen LogP contribution in [0.4, 0.5) is 0 Å². The summed E-state index contributed by atoms with van der Waals surface area (Å²) in [7, 11) is 4.33. The van der Waals surface area contributed by atoms with E-state index in [1.54, 1.807) is 0 Å². The Labute approximate surface area is 114 Å². The van der Waals surface area contributed by atoms with Crippen molar-refractivity contribution in [3.8, 4) is 0 Å². The van der Waals surface area contributed by atoms with Gasteiger partial charge in [-0.05, 0) is 58.9 Å². The molecule has 1 rings (SSSR count). The average Bonchev–Trinajstić information content (AvgIpc) is 2.39. The lowest BCUT2D eigenvalue weighted by Gasteiger charge is -2.34. The van der Waals surface area contributed by atoms with E-state index in [-0.39, 0.29) is 0 Å². The molecule has 0 bridgehead atoms. The molecule has 3 heteroatoms. The van der Waals surface area contributed by atoms with Gasteiger partial charge in [-0.2, -0.15) is 0 Å². The summed E-state index contributed by atoms with van der Waals surface area (Å²) >= 11 is 0. The lowest BCUT2D eigenvalue weighted by molar-refractivity contribution is 0.172. The minimum absolute atomic E-state index is 0.348. The Morgan fingerprint density at radius 2 is 1.94 bits per heavy atom. The maximum Gasteiger partial charge on any atom is 0.0194 e. The highest BCUT2D eigenvalue weighted by Crippen LogP contribution is 2.22. The van der Waals surface area contributed by atoms with E-state index in [9.17, 15) is 0 Å². The second-order valence-corrected chi connectivity index (χ2v) is 7.00. The average molecular weight is 255 g/mol. The van der Waals surface area contributed by atoms with Gasteiger partial charge in [0.1, 0.15) is 0 Å². The third-order valence-electron chi connectivity index (χ3n) is 4.28. The summed E-state index contributed by atoms with van der Waals surface area (Å²) in [6, 6.07) is 1.29. The number of nitrogens with one attached hydrogen (secondary N) is 1. The molecule has 2 atom stereocenters. The van der Waals surface area contributed by atoms with Crippen LogP contribution in [-0.2, 0) is 0 Å². The van der Waals surface area contributed by atoms with E-state index in [1.807, 2.05) is 0 Å². The molecule has 0 aromatic heterocycles. The van der Waals surface area contributed by atoms with E-state index < -0.39 is 0 Å². The molecule has 3 nitrogen and oxygen atoms in total. The molecule has 0 saturated carbocycles. The highest BCUT2D eigenvalue weighted by molar-refractivity contribution is 4.82. The molecule has 1 N–H and O–H groups in total. The summed E-state index contributed by atoms with van der Waals surface area (Å²) in [5.41, 5.74) is 0.348. The number of likely N-dealkylation sites (N-methyl/N-ethyl adjacent to an activating group) is 1. The quantitative estimate of drug-likeness (QED) is 0.829. The van der Waals surface area contributed by atoms with Crippen LogP contribution in [0.5, 0.6) is 0 Å². The second-order valence-electron chi connectivity index (χ2n) is 7.00. The zero-order chi connectivity index (χ0) is 13.8. The van der Waals surface area contributed by atoms with Gasteiger partial charge in [0.05, 0.1) is 0 Å². The van der Waals surface area contributed by atoms with Gasteiger partial charge in [0.15, 0.2) is 0 Å². The third-order valence-corrected chi connectivity index (χ3v) is 4.28. The Morgan fingerprint density at radius 3 is 2.50 bits per heavy atom. The van der Waals surface area contributed by atoms with E-state index in [4.69, 9.17) is 0 Å². The van der Waals surface area contributed by atoms with Crippen LogP contribution in [0.15, 0.2) is 0 Å². The van der Waals surface area contributed by atoms with Crippen molar-refractivity contribution in [2.24, 2.45) is 5.41 Å². The zero-order valence-electron chi connectivity index (χ0n) is 13.3. The molecule has 1 aliphatic rings. The fraction of sp³-hybridized carbons (Fsp3) is 1.00. The molecular weight excluding hydrogens is 222 g/mol. The fourth-order valence-corrected chi connectivity index (χ4v) is 3.06. The molecular formula is C15H33N3. The molecule has 1 fully saturated rings. The summed E-state index contributed by atoms with van der Waals surface area (Å²) in [4.78, 5) is 5.13. The third kappa shape index (κ3) is 4.87. The lowest BCUT2D eigenvalue weighted by Crippen LogP contribution is -2.44. The highest BCUT2D eigenvalue weighted by Gasteiger charge is 2.25. The Bertz CT molecular complexity index is 234. The topological polar surface area (TPSA) is 18.5 Å². The zero-order valence-corrected chi connectivity index (χ0v) is 13.3. The minimum atomic E-state index is 0.348. The minimum Gasteiger partial charge on any atom is -0.316 e. The van der Waals surface area contributed by atoms with Crippen molar-refractivity contribution in [2.75, 3.05) is 40.3 Å². The van der Waals surface area contributed by atoms with Gasteiger partial charge in [-0.25, -0.2) is 0 Å². The van der Waals surface area contributed by atoms with Crippen molar-refractivity contribution in [1.29, 1.82) is 0 Å². The van der Waals surface area contributed by atoms with Crippen LogP contribution in [-0.4, -0.2) is 62.2 Å². The van der Waals surface area contributed by atoms with Gasteiger partial charge in [-0.15, -0.1) is 0 Å². The van der Waals surface area contributed by atoms with Crippen molar-refractivity contribution in [3.05, 3.63) is 0 Å². The van der Waals surface area contributed by atoms with Crippen molar-refractivity contribution in [3.63, 3.8) is 0 Å². The van der Waals surface area contributed by atoms with Gasteiger partial charge in [0, 0.05) is 18.6 Å². The van der Waals surface area contributed by atoms with E-state index in [0.717, 1.165) is 0 Å². The molecule has 0 spiro atoms. The molecule has 108 valence electrons. The van der Waals surface area contributed by atoms with E-state index in [1.165, 1.54) is 39.0 Å². The fourth-order valence-electron chi connectivity index (χ4n) is 3.06. The smallest absolute Gasteiger partial charge is 0.0194 e. The SMILES string of the molecule is CNC(CCN1CCCN(C)CC1C)C(C)(C)C. The first-order valence-electron chi connectivity index (χ1n) is 7.44. The van der Waals surface area contributed by atoms with E-state index in [2.05, 4.69) is 56.9 Å². The first-order chi connectivity index (χ1) is 8.34. The van der Waals surface area contributed by atoms with Gasteiger partial charge in [0.2, 0.25) is 0 Å². The van der Waals surface area contributed by atoms with Gasteiger partial charge in [-0.3, -0.25) is 4.90 Å². The lowest BCUT2D eigenvalue weighted by atomic mass is 9.85. The van der Waals surface area contributed by atoms with Gasteiger partial charge >= 0.3 is 0 Å². The van der Waals surface area contributed by atoms with Crippen LogP contribution in [0, 0.1) is 5.41 Å². The van der Waals surface area contributed by atoms with Gasteiger partial charge in [0.25, 0.3) is 0 Å². The maximum atomic E-state index is 3.48. The normalized spacial score (nSPS) is 26.0. The van der Waals surface area contributed by atoms with Crippen LogP contribution < -0.4 is 5.32 Å². The van der Waals surface area contributed by atoms with Crippen molar-refractivity contribution < 1.29 is 0 Å². The number of hydrogen-bond donors (Lipinski definition) is 1. The first kappa shape index (κ1) is 15.9. The summed E-state index contributed by atoms with van der Waals surface area (Å²) in [6.07, 6.45) is 2.55. The van der Waals surface area contributed by atoms with Crippen LogP contribution >= 0.6 is 0 Å². The van der Waals surface area contributed by atoms with Crippen LogP contribution in [0.25, 0.3) is 0 Å². The molecule has 0 aromatic carbocycles. The largest absolute Gasteiger partial charge is 0.316 e. The maximum absolute atomic E-state index is 3.48. The molecule has 18 heavy (non-hydrogen) atoms. The molecule has 0 aromatic rings. The van der Waals surface area contributed by atoms with Gasteiger partial charge < -0.3 is 10.2 Å². The predicted octanol–water partition coefficient (Wildman–Crippen LogP) is 2.04. The number of nitrogens with zero attached hydrogens (tertiary/aromatic N) is 2. The van der Waals surface area contributed by atoms with Crippen LogP contribution in [0.1, 0.15) is 40.5 Å².